The molecule has 1 fully saturated rings. The zero-order chi connectivity index (χ0) is 16.9. The van der Waals surface area contributed by atoms with Crippen molar-refractivity contribution in [3.63, 3.8) is 0 Å². The second-order valence-corrected chi connectivity index (χ2v) is 8.54. The molecule has 0 bridgehead atoms. The number of carbonyl (C=O) groups excluding carboxylic acids is 1. The highest BCUT2D eigenvalue weighted by Gasteiger charge is 2.49. The Morgan fingerprint density at radius 3 is 2.58 bits per heavy atom. The predicted octanol–water partition coefficient (Wildman–Crippen LogP) is 4.44. The number of carbonyl (C=O) groups is 1. The van der Waals surface area contributed by atoms with Gasteiger partial charge in [0.15, 0.2) is 0 Å². The largest absolute Gasteiger partial charge is 0.497 e. The Morgan fingerprint density at radius 2 is 2.00 bits per heavy atom. The van der Waals surface area contributed by atoms with Crippen LogP contribution in [0.1, 0.15) is 35.3 Å². The van der Waals surface area contributed by atoms with Gasteiger partial charge in [0, 0.05) is 22.9 Å². The third-order valence-electron chi connectivity index (χ3n) is 5.24. The first-order chi connectivity index (χ1) is 11.5. The van der Waals surface area contributed by atoms with E-state index in [2.05, 4.69) is 54.2 Å². The molecule has 4 rings (SSSR count). The first-order valence-electron chi connectivity index (χ1n) is 8.03. The van der Waals surface area contributed by atoms with Gasteiger partial charge in [-0.2, -0.15) is 0 Å². The number of amides is 1. The number of hydrogen-bond acceptors (Lipinski definition) is 2. The van der Waals surface area contributed by atoms with Crippen molar-refractivity contribution in [1.29, 1.82) is 0 Å². The van der Waals surface area contributed by atoms with Gasteiger partial charge in [0.05, 0.1) is 17.1 Å². The fraction of sp³-hybridized carbons (Fsp3) is 0.389. The van der Waals surface area contributed by atoms with Crippen LogP contribution < -0.4 is 4.74 Å². The second-order valence-electron chi connectivity index (χ2n) is 6.58. The molecule has 1 aromatic carbocycles. The number of hydrogen-bond donors (Lipinski definition) is 0. The number of nitrogens with zero attached hydrogens (tertiary/aromatic N) is 2. The molecular formula is C18H18BrIN2O2. The summed E-state index contributed by atoms with van der Waals surface area (Å²) in [5.74, 6) is 0.972. The number of aromatic nitrogens is 1. The lowest BCUT2D eigenvalue weighted by Crippen LogP contribution is -2.61. The van der Waals surface area contributed by atoms with E-state index in [1.807, 2.05) is 24.3 Å². The summed E-state index contributed by atoms with van der Waals surface area (Å²) < 4.78 is 9.38. The Hall–Kier alpha value is -1.02. The van der Waals surface area contributed by atoms with Crippen molar-refractivity contribution in [1.82, 2.24) is 9.47 Å². The van der Waals surface area contributed by atoms with Crippen molar-refractivity contribution >= 4 is 44.4 Å². The molecule has 1 aromatic heterocycles. The summed E-state index contributed by atoms with van der Waals surface area (Å²) in [5.41, 5.74) is 1.90. The van der Waals surface area contributed by atoms with Crippen LogP contribution in [0.25, 0.3) is 0 Å². The molecule has 0 N–H and O–H groups in total. The molecule has 2 aliphatic rings. The highest BCUT2D eigenvalue weighted by molar-refractivity contribution is 14.1. The topological polar surface area (TPSA) is 34.5 Å². The van der Waals surface area contributed by atoms with Gasteiger partial charge in [0.2, 0.25) is 0 Å². The molecule has 24 heavy (non-hydrogen) atoms. The van der Waals surface area contributed by atoms with Crippen molar-refractivity contribution < 1.29 is 9.53 Å². The van der Waals surface area contributed by atoms with Crippen LogP contribution in [0.15, 0.2) is 34.9 Å². The van der Waals surface area contributed by atoms with Crippen LogP contribution in [0.3, 0.4) is 0 Å². The number of benzene rings is 1. The average molecular weight is 501 g/mol. The monoisotopic (exact) mass is 500 g/mol. The lowest BCUT2D eigenvalue weighted by Gasteiger charge is -2.53. The van der Waals surface area contributed by atoms with Gasteiger partial charge in [-0.1, -0.05) is 12.1 Å². The Kier molecular flexibility index (Phi) is 4.15. The summed E-state index contributed by atoms with van der Waals surface area (Å²) in [5, 5.41) is 0. The van der Waals surface area contributed by atoms with Crippen molar-refractivity contribution in [3.8, 4) is 5.75 Å². The third kappa shape index (κ3) is 2.49. The van der Waals surface area contributed by atoms with Gasteiger partial charge < -0.3 is 14.2 Å². The number of ether oxygens (including phenoxy) is 1. The second kappa shape index (κ2) is 6.05. The Morgan fingerprint density at radius 1 is 1.29 bits per heavy atom. The Balaban J connectivity index is 1.69. The fourth-order valence-electron chi connectivity index (χ4n) is 3.75. The lowest BCUT2D eigenvalue weighted by molar-refractivity contribution is -0.00970. The summed E-state index contributed by atoms with van der Waals surface area (Å²) in [6, 6.07) is 8.01. The first kappa shape index (κ1) is 16.4. The molecule has 0 saturated heterocycles. The molecule has 0 radical (unpaired) electrons. The van der Waals surface area contributed by atoms with E-state index in [1.54, 1.807) is 7.11 Å². The summed E-state index contributed by atoms with van der Waals surface area (Å²) in [4.78, 5) is 15.3. The summed E-state index contributed by atoms with van der Waals surface area (Å²) in [6.07, 6.45) is 5.45. The highest BCUT2D eigenvalue weighted by atomic mass is 127. The molecule has 2 aromatic rings. The normalized spacial score (nSPS) is 18.5. The molecule has 2 heterocycles. The van der Waals surface area contributed by atoms with Crippen LogP contribution in [0.2, 0.25) is 0 Å². The molecule has 4 nitrogen and oxygen atoms in total. The molecule has 1 spiro atoms. The predicted molar refractivity (Wildman–Crippen MR) is 104 cm³/mol. The van der Waals surface area contributed by atoms with Crippen LogP contribution in [-0.4, -0.2) is 28.0 Å². The standard InChI is InChI=1S/C18H18BrIN2O2/c1-24-13-5-3-12(4-6-13)9-22-17(23)16-15(19)14(20)10-21(16)11-18(22)7-2-8-18/h3-6,10H,2,7-9,11H2,1H3. The minimum atomic E-state index is -0.0223. The van der Waals surface area contributed by atoms with E-state index < -0.39 is 0 Å². The van der Waals surface area contributed by atoms with E-state index in [4.69, 9.17) is 4.74 Å². The maximum absolute atomic E-state index is 13.2. The number of rotatable bonds is 3. The van der Waals surface area contributed by atoms with Gasteiger partial charge in [-0.15, -0.1) is 0 Å². The highest BCUT2D eigenvalue weighted by Crippen LogP contribution is 2.45. The van der Waals surface area contributed by atoms with Gasteiger partial charge in [-0.25, -0.2) is 0 Å². The molecule has 6 heteroatoms. The number of fused-ring (bicyclic) bond motifs is 1. The van der Waals surface area contributed by atoms with Gasteiger partial charge in [-0.3, -0.25) is 4.79 Å². The van der Waals surface area contributed by atoms with E-state index >= 15 is 0 Å². The smallest absolute Gasteiger partial charge is 0.272 e. The van der Waals surface area contributed by atoms with E-state index in [0.29, 0.717) is 6.54 Å². The fourth-order valence-corrected chi connectivity index (χ4v) is 4.84. The Bertz CT molecular complexity index is 796. The quantitative estimate of drug-likeness (QED) is 0.584. The van der Waals surface area contributed by atoms with E-state index in [-0.39, 0.29) is 11.4 Å². The average Bonchev–Trinajstić information content (AvgIpc) is 2.83. The lowest BCUT2D eigenvalue weighted by atomic mass is 9.73. The van der Waals surface area contributed by atoms with Crippen molar-refractivity contribution in [2.45, 2.75) is 37.9 Å². The molecule has 1 aliphatic carbocycles. The van der Waals surface area contributed by atoms with Crippen molar-refractivity contribution in [2.75, 3.05) is 7.11 Å². The molecule has 126 valence electrons. The molecule has 1 saturated carbocycles. The van der Waals surface area contributed by atoms with E-state index in [1.165, 1.54) is 6.42 Å². The van der Waals surface area contributed by atoms with Gasteiger partial charge in [-0.05, 0) is 75.5 Å². The van der Waals surface area contributed by atoms with Gasteiger partial charge >= 0.3 is 0 Å². The molecule has 1 aliphatic heterocycles. The van der Waals surface area contributed by atoms with Crippen LogP contribution >= 0.6 is 38.5 Å². The summed E-state index contributed by atoms with van der Waals surface area (Å²) >= 11 is 5.88. The third-order valence-corrected chi connectivity index (χ3v) is 7.60. The molecule has 1 amide bonds. The van der Waals surface area contributed by atoms with E-state index in [9.17, 15) is 4.79 Å². The van der Waals surface area contributed by atoms with Gasteiger partial charge in [0.25, 0.3) is 5.91 Å². The van der Waals surface area contributed by atoms with Crippen LogP contribution in [-0.2, 0) is 13.1 Å². The summed E-state index contributed by atoms with van der Waals surface area (Å²) in [7, 11) is 1.67. The van der Waals surface area contributed by atoms with Crippen LogP contribution in [0, 0.1) is 3.57 Å². The SMILES string of the molecule is COc1ccc(CN2C(=O)c3c(Br)c(I)cn3CC23CCC3)cc1. The van der Waals surface area contributed by atoms with Crippen molar-refractivity contribution in [3.05, 3.63) is 49.8 Å². The number of halogens is 2. The van der Waals surface area contributed by atoms with Crippen molar-refractivity contribution in [2.24, 2.45) is 0 Å². The van der Waals surface area contributed by atoms with Crippen LogP contribution in [0.5, 0.6) is 5.75 Å². The van der Waals surface area contributed by atoms with E-state index in [0.717, 1.165) is 44.4 Å². The zero-order valence-corrected chi connectivity index (χ0v) is 17.1. The maximum atomic E-state index is 13.2. The number of methoxy groups -OCH3 is 1. The minimum absolute atomic E-state index is 0.0223. The zero-order valence-electron chi connectivity index (χ0n) is 13.4. The first-order valence-corrected chi connectivity index (χ1v) is 9.90. The summed E-state index contributed by atoms with van der Waals surface area (Å²) in [6.45, 7) is 1.54. The Labute approximate surface area is 163 Å². The maximum Gasteiger partial charge on any atom is 0.272 e. The minimum Gasteiger partial charge on any atom is -0.497 e. The molecule has 0 unspecified atom stereocenters. The van der Waals surface area contributed by atoms with Crippen LogP contribution in [0.4, 0.5) is 0 Å². The molecular weight excluding hydrogens is 483 g/mol. The van der Waals surface area contributed by atoms with Gasteiger partial charge in [0.1, 0.15) is 11.4 Å². The molecule has 0 atom stereocenters.